The number of benzene rings is 3. The van der Waals surface area contributed by atoms with Crippen LogP contribution in [0.15, 0.2) is 80.4 Å². The number of para-hydroxylation sites is 1. The van der Waals surface area contributed by atoms with Crippen molar-refractivity contribution in [1.29, 1.82) is 0 Å². The van der Waals surface area contributed by atoms with Gasteiger partial charge in [0.05, 0.1) is 7.11 Å². The van der Waals surface area contributed by atoms with Gasteiger partial charge in [-0.2, -0.15) is 0 Å². The lowest BCUT2D eigenvalue weighted by atomic mass is 10.1. The molecule has 0 atom stereocenters. The highest BCUT2D eigenvalue weighted by molar-refractivity contribution is 6.35. The lowest BCUT2D eigenvalue weighted by Crippen LogP contribution is -1.99. The fraction of sp³-hybridized carbons (Fsp3) is 0.0800. The average molecular weight is 467 g/mol. The highest BCUT2D eigenvalue weighted by Gasteiger charge is 2.15. The van der Waals surface area contributed by atoms with E-state index < -0.39 is 5.63 Å². The van der Waals surface area contributed by atoms with E-state index in [0.717, 1.165) is 10.9 Å². The number of ether oxygens (including phenoxy) is 2. The fourth-order valence-corrected chi connectivity index (χ4v) is 4.03. The number of methoxy groups -OCH3 is 1. The Labute approximate surface area is 192 Å². The van der Waals surface area contributed by atoms with Crippen LogP contribution in [0.5, 0.6) is 11.5 Å². The normalized spacial score (nSPS) is 11.2. The predicted molar refractivity (Wildman–Crippen MR) is 125 cm³/mol. The van der Waals surface area contributed by atoms with Gasteiger partial charge in [0.25, 0.3) is 0 Å². The Kier molecular flexibility index (Phi) is 5.29. The highest BCUT2D eigenvalue weighted by atomic mass is 35.5. The van der Waals surface area contributed by atoms with Gasteiger partial charge in [0.2, 0.25) is 0 Å². The van der Waals surface area contributed by atoms with E-state index in [1.54, 1.807) is 31.4 Å². The van der Waals surface area contributed by atoms with Gasteiger partial charge in [-0.05, 0) is 42.5 Å². The van der Waals surface area contributed by atoms with Crippen LogP contribution in [0.25, 0.3) is 33.3 Å². The molecule has 0 radical (unpaired) electrons. The summed E-state index contributed by atoms with van der Waals surface area (Å²) < 4.78 is 22.8. The summed E-state index contributed by atoms with van der Waals surface area (Å²) in [5.41, 5.74) is 1.97. The zero-order valence-electron chi connectivity index (χ0n) is 16.9. The van der Waals surface area contributed by atoms with Crippen LogP contribution >= 0.6 is 23.2 Å². The maximum Gasteiger partial charge on any atom is 0.336 e. The van der Waals surface area contributed by atoms with Gasteiger partial charge in [-0.25, -0.2) is 4.79 Å². The second-order valence-corrected chi connectivity index (χ2v) is 7.99. The lowest BCUT2D eigenvalue weighted by Gasteiger charge is -2.10. The minimum atomic E-state index is -0.471. The molecule has 0 aliphatic carbocycles. The maximum atomic E-state index is 12.2. The fourth-order valence-electron chi connectivity index (χ4n) is 3.57. The summed E-state index contributed by atoms with van der Waals surface area (Å²) in [5.74, 6) is 1.73. The summed E-state index contributed by atoms with van der Waals surface area (Å²) in [5, 5.41) is 2.64. The van der Waals surface area contributed by atoms with Crippen molar-refractivity contribution < 1.29 is 18.3 Å². The molecule has 0 fully saturated rings. The molecule has 5 rings (SSSR count). The molecule has 32 heavy (non-hydrogen) atoms. The second-order valence-electron chi connectivity index (χ2n) is 7.15. The Balaban J connectivity index is 1.56. The molecule has 0 amide bonds. The molecule has 160 valence electrons. The van der Waals surface area contributed by atoms with E-state index in [-0.39, 0.29) is 6.61 Å². The van der Waals surface area contributed by atoms with Crippen molar-refractivity contribution in [2.24, 2.45) is 0 Å². The van der Waals surface area contributed by atoms with Crippen LogP contribution in [-0.4, -0.2) is 7.11 Å². The van der Waals surface area contributed by atoms with Crippen LogP contribution in [0.4, 0.5) is 0 Å². The Bertz CT molecular complexity index is 1520. The highest BCUT2D eigenvalue weighted by Crippen LogP contribution is 2.36. The number of rotatable bonds is 5. The van der Waals surface area contributed by atoms with Gasteiger partial charge in [-0.1, -0.05) is 41.4 Å². The van der Waals surface area contributed by atoms with E-state index in [2.05, 4.69) is 0 Å². The third kappa shape index (κ3) is 3.81. The summed E-state index contributed by atoms with van der Waals surface area (Å²) in [4.78, 5) is 12.2. The molecular formula is C25H16Cl2O5. The Morgan fingerprint density at radius 1 is 0.938 bits per heavy atom. The molecule has 0 unspecified atom stereocenters. The number of hydrogen-bond acceptors (Lipinski definition) is 5. The molecule has 3 aromatic carbocycles. The first kappa shape index (κ1) is 20.5. The molecule has 2 aromatic heterocycles. The van der Waals surface area contributed by atoms with Crippen LogP contribution in [0.3, 0.4) is 0 Å². The zero-order chi connectivity index (χ0) is 22.2. The van der Waals surface area contributed by atoms with E-state index >= 15 is 0 Å². The molecular weight excluding hydrogens is 451 g/mol. The first-order valence-corrected chi connectivity index (χ1v) is 10.5. The van der Waals surface area contributed by atoms with E-state index in [1.165, 1.54) is 6.07 Å². The van der Waals surface area contributed by atoms with Crippen molar-refractivity contribution in [1.82, 2.24) is 0 Å². The van der Waals surface area contributed by atoms with E-state index in [1.807, 2.05) is 36.4 Å². The summed E-state index contributed by atoms with van der Waals surface area (Å²) >= 11 is 12.2. The summed E-state index contributed by atoms with van der Waals surface area (Å²) in [6.45, 7) is 0.259. The largest absolute Gasteiger partial charge is 0.493 e. The van der Waals surface area contributed by atoms with E-state index in [0.29, 0.717) is 49.4 Å². The lowest BCUT2D eigenvalue weighted by molar-refractivity contribution is 0.306. The molecule has 0 aliphatic heterocycles. The van der Waals surface area contributed by atoms with Gasteiger partial charge in [0.1, 0.15) is 23.7 Å². The van der Waals surface area contributed by atoms with Crippen LogP contribution < -0.4 is 15.1 Å². The van der Waals surface area contributed by atoms with Gasteiger partial charge in [0.15, 0.2) is 11.3 Å². The van der Waals surface area contributed by atoms with Gasteiger partial charge in [-0.15, -0.1) is 0 Å². The maximum absolute atomic E-state index is 12.2. The zero-order valence-corrected chi connectivity index (χ0v) is 18.4. The van der Waals surface area contributed by atoms with E-state index in [9.17, 15) is 4.79 Å². The SMILES string of the molecule is COc1cccc2cc(-c3cc(=O)oc4ccc(OCc5ccc(Cl)cc5Cl)cc34)oc12. The van der Waals surface area contributed by atoms with Gasteiger partial charge in [0, 0.05) is 38.0 Å². The Hall–Kier alpha value is -3.41. The molecule has 0 saturated carbocycles. The molecule has 0 aliphatic rings. The Morgan fingerprint density at radius 2 is 1.81 bits per heavy atom. The Morgan fingerprint density at radius 3 is 2.62 bits per heavy atom. The average Bonchev–Trinajstić information content (AvgIpc) is 3.22. The van der Waals surface area contributed by atoms with Crippen LogP contribution in [0, 0.1) is 0 Å². The summed E-state index contributed by atoms with van der Waals surface area (Å²) in [7, 11) is 1.58. The van der Waals surface area contributed by atoms with Crippen LogP contribution in [-0.2, 0) is 6.61 Å². The van der Waals surface area contributed by atoms with Crippen molar-refractivity contribution in [2.75, 3.05) is 7.11 Å². The molecule has 7 heteroatoms. The van der Waals surface area contributed by atoms with E-state index in [4.69, 9.17) is 41.5 Å². The topological polar surface area (TPSA) is 61.8 Å². The third-order valence-corrected chi connectivity index (χ3v) is 5.70. The van der Waals surface area contributed by atoms with Crippen LogP contribution in [0.2, 0.25) is 10.0 Å². The quantitative estimate of drug-likeness (QED) is 0.258. The number of halogens is 2. The van der Waals surface area contributed by atoms with Crippen molar-refractivity contribution in [3.63, 3.8) is 0 Å². The minimum absolute atomic E-state index is 0.259. The van der Waals surface area contributed by atoms with Crippen molar-refractivity contribution in [2.45, 2.75) is 6.61 Å². The number of hydrogen-bond donors (Lipinski definition) is 0. The second kappa shape index (κ2) is 8.26. The molecule has 0 bridgehead atoms. The molecule has 0 spiro atoms. The van der Waals surface area contributed by atoms with Crippen molar-refractivity contribution in [3.05, 3.63) is 92.8 Å². The predicted octanol–water partition coefficient (Wildman–Crippen LogP) is 7.10. The number of furan rings is 1. The van der Waals surface area contributed by atoms with Crippen molar-refractivity contribution >= 4 is 45.1 Å². The minimum Gasteiger partial charge on any atom is -0.493 e. The molecule has 0 N–H and O–H groups in total. The molecule has 5 aromatic rings. The standard InChI is InChI=1S/C25H16Cl2O5/c1-29-22-4-2-3-14-9-23(32-25(14)22)19-12-24(28)31-21-8-7-17(11-18(19)21)30-13-15-5-6-16(26)10-20(15)27/h2-12H,13H2,1H3. The summed E-state index contributed by atoms with van der Waals surface area (Å²) in [6, 6.07) is 19.4. The van der Waals surface area contributed by atoms with Crippen molar-refractivity contribution in [3.8, 4) is 22.8 Å². The van der Waals surface area contributed by atoms with Gasteiger partial charge in [-0.3, -0.25) is 0 Å². The van der Waals surface area contributed by atoms with Gasteiger partial charge >= 0.3 is 5.63 Å². The molecule has 2 heterocycles. The molecule has 5 nitrogen and oxygen atoms in total. The summed E-state index contributed by atoms with van der Waals surface area (Å²) in [6.07, 6.45) is 0. The first-order chi connectivity index (χ1) is 15.5. The smallest absolute Gasteiger partial charge is 0.336 e. The third-order valence-electron chi connectivity index (χ3n) is 5.12. The number of fused-ring (bicyclic) bond motifs is 2. The molecule has 0 saturated heterocycles. The first-order valence-electron chi connectivity index (χ1n) is 9.73. The monoisotopic (exact) mass is 466 g/mol. The van der Waals surface area contributed by atoms with Crippen LogP contribution in [0.1, 0.15) is 5.56 Å². The van der Waals surface area contributed by atoms with Gasteiger partial charge < -0.3 is 18.3 Å².